The van der Waals surface area contributed by atoms with Crippen molar-refractivity contribution in [1.82, 2.24) is 5.32 Å². The zero-order valence-electron chi connectivity index (χ0n) is 10.4. The zero-order chi connectivity index (χ0) is 13.8. The molecule has 1 rings (SSSR count). The molecular formula is C11H17NO5S. The van der Waals surface area contributed by atoms with Gasteiger partial charge in [0.25, 0.3) is 5.91 Å². The molecular weight excluding hydrogens is 258 g/mol. The Bertz CT molecular complexity index is 462. The quantitative estimate of drug-likeness (QED) is 0.567. The predicted molar refractivity (Wildman–Crippen MR) is 65.6 cm³/mol. The van der Waals surface area contributed by atoms with Crippen molar-refractivity contribution in [3.8, 4) is 0 Å². The number of nitrogens with one attached hydrogen (secondary N) is 1. The Balaban J connectivity index is 2.31. The molecule has 1 aliphatic heterocycles. The monoisotopic (exact) mass is 275 g/mol. The lowest BCUT2D eigenvalue weighted by atomic mass is 10.2. The SMILES string of the molecule is CC(C)=CC(=O)OCC(=O)N[C@H]1CCS(=O)(=O)C1. The molecule has 0 spiro atoms. The Morgan fingerprint density at radius 2 is 2.06 bits per heavy atom. The van der Waals surface area contributed by atoms with Crippen molar-refractivity contribution in [3.63, 3.8) is 0 Å². The second-order valence-electron chi connectivity index (χ2n) is 4.50. The van der Waals surface area contributed by atoms with Gasteiger partial charge in [0.2, 0.25) is 0 Å². The average molecular weight is 275 g/mol. The van der Waals surface area contributed by atoms with Crippen molar-refractivity contribution < 1.29 is 22.7 Å². The molecule has 1 aliphatic rings. The first-order chi connectivity index (χ1) is 8.28. The minimum atomic E-state index is -3.02. The van der Waals surface area contributed by atoms with Gasteiger partial charge in [0.05, 0.1) is 11.5 Å². The topological polar surface area (TPSA) is 89.5 Å². The summed E-state index contributed by atoms with van der Waals surface area (Å²) in [6.45, 7) is 3.09. The highest BCUT2D eigenvalue weighted by molar-refractivity contribution is 7.91. The Hall–Kier alpha value is -1.37. The first kappa shape index (κ1) is 14.7. The first-order valence-corrected chi connectivity index (χ1v) is 7.42. The molecule has 0 aliphatic carbocycles. The number of carbonyl (C=O) groups excluding carboxylic acids is 2. The van der Waals surface area contributed by atoms with Gasteiger partial charge in [-0.3, -0.25) is 4.79 Å². The van der Waals surface area contributed by atoms with Crippen LogP contribution in [0.3, 0.4) is 0 Å². The summed E-state index contributed by atoms with van der Waals surface area (Å²) in [5, 5.41) is 2.53. The van der Waals surface area contributed by atoms with Crippen LogP contribution in [0.1, 0.15) is 20.3 Å². The fourth-order valence-electron chi connectivity index (χ4n) is 1.59. The maximum absolute atomic E-state index is 11.4. The number of carbonyl (C=O) groups is 2. The highest BCUT2D eigenvalue weighted by Crippen LogP contribution is 2.10. The van der Waals surface area contributed by atoms with Crippen LogP contribution in [0.15, 0.2) is 11.6 Å². The number of hydrogen-bond donors (Lipinski definition) is 1. The van der Waals surface area contributed by atoms with Gasteiger partial charge in [-0.15, -0.1) is 0 Å². The third-order valence-electron chi connectivity index (χ3n) is 2.35. The van der Waals surface area contributed by atoms with Crippen molar-refractivity contribution in [2.75, 3.05) is 18.1 Å². The summed E-state index contributed by atoms with van der Waals surface area (Å²) in [6, 6.07) is -0.371. The van der Waals surface area contributed by atoms with Gasteiger partial charge in [-0.05, 0) is 20.3 Å². The lowest BCUT2D eigenvalue weighted by molar-refractivity contribution is -0.144. The number of amides is 1. The summed E-state index contributed by atoms with van der Waals surface area (Å²) in [5.41, 5.74) is 0.780. The van der Waals surface area contributed by atoms with Crippen LogP contribution in [0.4, 0.5) is 0 Å². The first-order valence-electron chi connectivity index (χ1n) is 5.60. The molecule has 1 saturated heterocycles. The van der Waals surface area contributed by atoms with E-state index in [1.165, 1.54) is 6.08 Å². The van der Waals surface area contributed by atoms with E-state index in [1.807, 2.05) is 0 Å². The molecule has 1 N–H and O–H groups in total. The molecule has 6 nitrogen and oxygen atoms in total. The average Bonchev–Trinajstić information content (AvgIpc) is 2.54. The Kier molecular flexibility index (Phi) is 4.89. The molecule has 0 aromatic heterocycles. The second-order valence-corrected chi connectivity index (χ2v) is 6.73. The number of rotatable bonds is 4. The molecule has 102 valence electrons. The third kappa shape index (κ3) is 5.31. The van der Waals surface area contributed by atoms with Gasteiger partial charge in [0, 0.05) is 12.1 Å². The van der Waals surface area contributed by atoms with Crippen LogP contribution in [-0.4, -0.2) is 44.4 Å². The van der Waals surface area contributed by atoms with Crippen molar-refractivity contribution >= 4 is 21.7 Å². The standard InChI is InChI=1S/C11H17NO5S/c1-8(2)5-11(14)17-6-10(13)12-9-3-4-18(15,16)7-9/h5,9H,3-4,6-7H2,1-2H3,(H,12,13)/t9-/m0/s1. The van der Waals surface area contributed by atoms with Crippen LogP contribution in [-0.2, 0) is 24.2 Å². The maximum atomic E-state index is 11.4. The summed E-state index contributed by atoms with van der Waals surface area (Å²) >= 11 is 0. The number of hydrogen-bond acceptors (Lipinski definition) is 5. The van der Waals surface area contributed by atoms with E-state index in [9.17, 15) is 18.0 Å². The van der Waals surface area contributed by atoms with Crippen LogP contribution in [0, 0.1) is 0 Å². The lowest BCUT2D eigenvalue weighted by Crippen LogP contribution is -2.38. The van der Waals surface area contributed by atoms with Crippen molar-refractivity contribution in [2.45, 2.75) is 26.3 Å². The van der Waals surface area contributed by atoms with E-state index < -0.39 is 21.7 Å². The molecule has 1 atom stereocenters. The third-order valence-corrected chi connectivity index (χ3v) is 4.12. The van der Waals surface area contributed by atoms with Gasteiger partial charge >= 0.3 is 5.97 Å². The van der Waals surface area contributed by atoms with E-state index >= 15 is 0 Å². The van der Waals surface area contributed by atoms with Crippen molar-refractivity contribution in [1.29, 1.82) is 0 Å². The smallest absolute Gasteiger partial charge is 0.331 e. The maximum Gasteiger partial charge on any atom is 0.331 e. The van der Waals surface area contributed by atoms with Crippen molar-refractivity contribution in [3.05, 3.63) is 11.6 Å². The second kappa shape index (κ2) is 5.99. The number of sulfone groups is 1. The fraction of sp³-hybridized carbons (Fsp3) is 0.636. The number of allylic oxidation sites excluding steroid dienone is 1. The molecule has 0 radical (unpaired) electrons. The van der Waals surface area contributed by atoms with Crippen LogP contribution in [0.25, 0.3) is 0 Å². The van der Waals surface area contributed by atoms with E-state index in [2.05, 4.69) is 5.32 Å². The molecule has 0 saturated carbocycles. The van der Waals surface area contributed by atoms with E-state index in [1.54, 1.807) is 13.8 Å². The van der Waals surface area contributed by atoms with Gasteiger partial charge < -0.3 is 10.1 Å². The van der Waals surface area contributed by atoms with Gasteiger partial charge in [0.1, 0.15) is 0 Å². The molecule has 1 amide bonds. The molecule has 18 heavy (non-hydrogen) atoms. The van der Waals surface area contributed by atoms with Gasteiger partial charge in [0.15, 0.2) is 16.4 Å². The Labute approximate surface area is 106 Å². The highest BCUT2D eigenvalue weighted by Gasteiger charge is 2.28. The molecule has 0 bridgehead atoms. The zero-order valence-corrected chi connectivity index (χ0v) is 11.2. The predicted octanol–water partition coefficient (Wildman–Crippen LogP) is -0.201. The molecule has 1 fully saturated rings. The molecule has 0 aromatic carbocycles. The largest absolute Gasteiger partial charge is 0.452 e. The molecule has 7 heteroatoms. The number of ether oxygens (including phenoxy) is 1. The highest BCUT2D eigenvalue weighted by atomic mass is 32.2. The van der Waals surface area contributed by atoms with Gasteiger partial charge in [-0.2, -0.15) is 0 Å². The minimum absolute atomic E-state index is 0.0410. The van der Waals surface area contributed by atoms with Crippen molar-refractivity contribution in [2.24, 2.45) is 0 Å². The van der Waals surface area contributed by atoms with E-state index in [4.69, 9.17) is 4.74 Å². The number of esters is 1. The molecule has 1 heterocycles. The Morgan fingerprint density at radius 1 is 1.39 bits per heavy atom. The van der Waals surface area contributed by atoms with E-state index in [-0.39, 0.29) is 24.2 Å². The van der Waals surface area contributed by atoms with Gasteiger partial charge in [-0.25, -0.2) is 13.2 Å². The summed E-state index contributed by atoms with van der Waals surface area (Å²) in [6.07, 6.45) is 1.70. The van der Waals surface area contributed by atoms with Crippen LogP contribution < -0.4 is 5.32 Å². The van der Waals surface area contributed by atoms with Crippen LogP contribution >= 0.6 is 0 Å². The van der Waals surface area contributed by atoms with E-state index in [0.29, 0.717) is 6.42 Å². The summed E-state index contributed by atoms with van der Waals surface area (Å²) in [7, 11) is -3.02. The lowest BCUT2D eigenvalue weighted by Gasteiger charge is -2.10. The van der Waals surface area contributed by atoms with Crippen LogP contribution in [0.2, 0.25) is 0 Å². The summed E-state index contributed by atoms with van der Waals surface area (Å²) in [4.78, 5) is 22.5. The molecule has 0 aromatic rings. The summed E-state index contributed by atoms with van der Waals surface area (Å²) < 4.78 is 27.0. The minimum Gasteiger partial charge on any atom is -0.452 e. The Morgan fingerprint density at radius 3 is 2.56 bits per heavy atom. The summed E-state index contributed by atoms with van der Waals surface area (Å²) in [5.74, 6) is -1.01. The van der Waals surface area contributed by atoms with Gasteiger partial charge in [-0.1, -0.05) is 5.57 Å². The molecule has 0 unspecified atom stereocenters. The normalized spacial score (nSPS) is 21.1. The fourth-order valence-corrected chi connectivity index (χ4v) is 3.27. The van der Waals surface area contributed by atoms with E-state index in [0.717, 1.165) is 5.57 Å². The van der Waals surface area contributed by atoms with Crippen LogP contribution in [0.5, 0.6) is 0 Å².